The number of nitrogens with zero attached hydrogens (tertiary/aromatic N) is 2. The van der Waals surface area contributed by atoms with Crippen molar-refractivity contribution in [3.8, 4) is 0 Å². The average Bonchev–Trinajstić information content (AvgIpc) is 2.72. The minimum atomic E-state index is -3.44. The lowest BCUT2D eigenvalue weighted by Crippen LogP contribution is -2.32. The number of nitrogens with one attached hydrogen (secondary N) is 1. The zero-order valence-corrected chi connectivity index (χ0v) is 8.37. The van der Waals surface area contributed by atoms with Gasteiger partial charge in [0.25, 0.3) is 10.0 Å². The van der Waals surface area contributed by atoms with Gasteiger partial charge in [0.05, 0.1) is 0 Å². The lowest BCUT2D eigenvalue weighted by Gasteiger charge is -2.13. The third-order valence-electron chi connectivity index (χ3n) is 2.24. The van der Waals surface area contributed by atoms with Crippen LogP contribution in [0.15, 0.2) is 17.6 Å². The normalized spacial score (nSPS) is 24.2. The minimum absolute atomic E-state index is 0.00778. The van der Waals surface area contributed by atoms with Crippen LogP contribution in [0.25, 0.3) is 0 Å². The zero-order valence-electron chi connectivity index (χ0n) is 7.55. The van der Waals surface area contributed by atoms with E-state index < -0.39 is 10.0 Å². The van der Waals surface area contributed by atoms with Gasteiger partial charge < -0.3 is 10.7 Å². The molecule has 2 rings (SSSR count). The molecule has 0 aromatic carbocycles. The second-order valence-corrected chi connectivity index (χ2v) is 5.16. The van der Waals surface area contributed by atoms with Crippen molar-refractivity contribution in [1.29, 1.82) is 0 Å². The van der Waals surface area contributed by atoms with Crippen molar-refractivity contribution < 1.29 is 8.42 Å². The van der Waals surface area contributed by atoms with Gasteiger partial charge >= 0.3 is 0 Å². The smallest absolute Gasteiger partial charge is 0.276 e. The number of aromatic nitrogens is 2. The summed E-state index contributed by atoms with van der Waals surface area (Å²) in [6, 6.07) is -0.0558. The SMILES string of the molecule is N[C@@H]1CCN(S(=O)(=O)c2ncc[nH]2)C1. The van der Waals surface area contributed by atoms with E-state index in [0.717, 1.165) is 0 Å². The van der Waals surface area contributed by atoms with E-state index in [4.69, 9.17) is 5.73 Å². The van der Waals surface area contributed by atoms with Gasteiger partial charge in [0.1, 0.15) is 0 Å². The number of sulfonamides is 1. The minimum Gasteiger partial charge on any atom is -0.334 e. The van der Waals surface area contributed by atoms with Crippen LogP contribution >= 0.6 is 0 Å². The first-order chi connectivity index (χ1) is 6.60. The summed E-state index contributed by atoms with van der Waals surface area (Å²) in [5, 5.41) is -0.00778. The molecule has 0 radical (unpaired) electrons. The van der Waals surface area contributed by atoms with Crippen LogP contribution in [0.3, 0.4) is 0 Å². The maximum absolute atomic E-state index is 11.8. The monoisotopic (exact) mass is 216 g/mol. The van der Waals surface area contributed by atoms with Crippen LogP contribution in [0.5, 0.6) is 0 Å². The Bertz CT molecular complexity index is 399. The molecule has 3 N–H and O–H groups in total. The highest BCUT2D eigenvalue weighted by molar-refractivity contribution is 7.89. The number of H-pyrrole nitrogens is 1. The zero-order chi connectivity index (χ0) is 10.2. The van der Waals surface area contributed by atoms with Gasteiger partial charge in [-0.05, 0) is 6.42 Å². The Morgan fingerprint density at radius 1 is 1.64 bits per heavy atom. The van der Waals surface area contributed by atoms with E-state index in [1.807, 2.05) is 0 Å². The van der Waals surface area contributed by atoms with Gasteiger partial charge in [0.15, 0.2) is 0 Å². The number of nitrogens with two attached hydrogens (primary N) is 1. The Balaban J connectivity index is 2.26. The van der Waals surface area contributed by atoms with Gasteiger partial charge in [-0.1, -0.05) is 0 Å². The first kappa shape index (κ1) is 9.63. The highest BCUT2D eigenvalue weighted by atomic mass is 32.2. The number of hydrogen-bond donors (Lipinski definition) is 2. The van der Waals surface area contributed by atoms with E-state index in [0.29, 0.717) is 19.5 Å². The predicted octanol–water partition coefficient (Wildman–Crippen LogP) is -0.869. The van der Waals surface area contributed by atoms with E-state index in [9.17, 15) is 8.42 Å². The molecule has 1 saturated heterocycles. The summed E-state index contributed by atoms with van der Waals surface area (Å²) in [5.74, 6) is 0. The first-order valence-electron chi connectivity index (χ1n) is 4.36. The van der Waals surface area contributed by atoms with E-state index in [1.54, 1.807) is 0 Å². The molecule has 6 nitrogen and oxygen atoms in total. The molecule has 0 aliphatic carbocycles. The molecule has 0 saturated carbocycles. The van der Waals surface area contributed by atoms with E-state index in [1.165, 1.54) is 16.7 Å². The van der Waals surface area contributed by atoms with Crippen molar-refractivity contribution >= 4 is 10.0 Å². The molecule has 2 heterocycles. The molecular formula is C7H12N4O2S. The van der Waals surface area contributed by atoms with Gasteiger partial charge in [0.2, 0.25) is 5.16 Å². The maximum Gasteiger partial charge on any atom is 0.276 e. The molecular weight excluding hydrogens is 204 g/mol. The average molecular weight is 216 g/mol. The standard InChI is InChI=1S/C7H12N4O2S/c8-6-1-4-11(5-6)14(12,13)7-9-2-3-10-7/h2-3,6H,1,4-5,8H2,(H,9,10)/t6-/m1/s1. The number of rotatable bonds is 2. The van der Waals surface area contributed by atoms with Crippen LogP contribution in [-0.2, 0) is 10.0 Å². The molecule has 0 bridgehead atoms. The number of imidazole rings is 1. The van der Waals surface area contributed by atoms with Crippen molar-refractivity contribution in [2.45, 2.75) is 17.6 Å². The summed E-state index contributed by atoms with van der Waals surface area (Å²) < 4.78 is 25.0. The molecule has 1 aromatic rings. The van der Waals surface area contributed by atoms with Gasteiger partial charge in [-0.15, -0.1) is 0 Å². The lowest BCUT2D eigenvalue weighted by molar-refractivity contribution is 0.467. The van der Waals surface area contributed by atoms with Crippen LogP contribution < -0.4 is 5.73 Å². The van der Waals surface area contributed by atoms with Crippen molar-refractivity contribution in [2.75, 3.05) is 13.1 Å². The van der Waals surface area contributed by atoms with Crippen LogP contribution in [0.1, 0.15) is 6.42 Å². The van der Waals surface area contributed by atoms with Crippen LogP contribution in [0, 0.1) is 0 Å². The van der Waals surface area contributed by atoms with E-state index >= 15 is 0 Å². The Kier molecular flexibility index (Phi) is 2.30. The van der Waals surface area contributed by atoms with Gasteiger partial charge in [-0.25, -0.2) is 13.4 Å². The highest BCUT2D eigenvalue weighted by Crippen LogP contribution is 2.16. The Labute approximate surface area is 82.2 Å². The molecule has 0 unspecified atom stereocenters. The van der Waals surface area contributed by atoms with Gasteiger partial charge in [0, 0.05) is 31.5 Å². The summed E-state index contributed by atoms with van der Waals surface area (Å²) in [7, 11) is -3.44. The van der Waals surface area contributed by atoms with E-state index in [2.05, 4.69) is 9.97 Å². The first-order valence-corrected chi connectivity index (χ1v) is 5.80. The van der Waals surface area contributed by atoms with Crippen LogP contribution in [-0.4, -0.2) is 41.8 Å². The summed E-state index contributed by atoms with van der Waals surface area (Å²) in [6.07, 6.45) is 3.62. The molecule has 0 amide bonds. The lowest BCUT2D eigenvalue weighted by atomic mass is 10.3. The molecule has 1 aromatic heterocycles. The third-order valence-corrected chi connectivity index (χ3v) is 3.97. The molecule has 0 spiro atoms. The second kappa shape index (κ2) is 3.34. The molecule has 1 aliphatic rings. The summed E-state index contributed by atoms with van der Waals surface area (Å²) >= 11 is 0. The fraction of sp³-hybridized carbons (Fsp3) is 0.571. The summed E-state index contributed by atoms with van der Waals surface area (Å²) in [4.78, 5) is 6.32. The van der Waals surface area contributed by atoms with Crippen molar-refractivity contribution in [3.05, 3.63) is 12.4 Å². The van der Waals surface area contributed by atoms with Gasteiger partial charge in [-0.3, -0.25) is 0 Å². The van der Waals surface area contributed by atoms with E-state index in [-0.39, 0.29) is 11.2 Å². The fourth-order valence-electron chi connectivity index (χ4n) is 1.49. The number of aromatic amines is 1. The van der Waals surface area contributed by atoms with Crippen LogP contribution in [0.4, 0.5) is 0 Å². The Morgan fingerprint density at radius 2 is 2.43 bits per heavy atom. The largest absolute Gasteiger partial charge is 0.334 e. The molecule has 7 heteroatoms. The summed E-state index contributed by atoms with van der Waals surface area (Å²) in [5.41, 5.74) is 5.64. The molecule has 1 fully saturated rings. The number of hydrogen-bond acceptors (Lipinski definition) is 4. The molecule has 1 aliphatic heterocycles. The van der Waals surface area contributed by atoms with Crippen LogP contribution in [0.2, 0.25) is 0 Å². The Morgan fingerprint density at radius 3 is 2.93 bits per heavy atom. The Hall–Kier alpha value is -0.920. The highest BCUT2D eigenvalue weighted by Gasteiger charge is 2.32. The second-order valence-electron chi connectivity index (χ2n) is 3.31. The van der Waals surface area contributed by atoms with Crippen molar-refractivity contribution in [3.63, 3.8) is 0 Å². The molecule has 1 atom stereocenters. The van der Waals surface area contributed by atoms with Crippen molar-refractivity contribution in [1.82, 2.24) is 14.3 Å². The molecule has 14 heavy (non-hydrogen) atoms. The third kappa shape index (κ3) is 1.54. The molecule has 78 valence electrons. The quantitative estimate of drug-likeness (QED) is 0.672. The fourth-order valence-corrected chi connectivity index (χ4v) is 2.88. The van der Waals surface area contributed by atoms with Gasteiger partial charge in [-0.2, -0.15) is 4.31 Å². The topological polar surface area (TPSA) is 92.1 Å². The predicted molar refractivity (Wildman–Crippen MR) is 49.9 cm³/mol. The van der Waals surface area contributed by atoms with Crippen molar-refractivity contribution in [2.24, 2.45) is 5.73 Å². The maximum atomic E-state index is 11.8. The summed E-state index contributed by atoms with van der Waals surface area (Å²) in [6.45, 7) is 0.854.